The Bertz CT molecular complexity index is 376. The number of amides is 1. The van der Waals surface area contributed by atoms with Crippen molar-refractivity contribution < 1.29 is 4.79 Å². The lowest BCUT2D eigenvalue weighted by Gasteiger charge is -2.19. The highest BCUT2D eigenvalue weighted by Gasteiger charge is 2.22. The largest absolute Gasteiger partial charge is 0.393 e. The van der Waals surface area contributed by atoms with Crippen molar-refractivity contribution >= 4 is 34.5 Å². The SMILES string of the molecule is CCC(C(=O)NC(CC)c1cccs1)C(N)=S. The monoisotopic (exact) mass is 270 g/mol. The molecule has 94 valence electrons. The van der Waals surface area contributed by atoms with Crippen LogP contribution < -0.4 is 11.1 Å². The Labute approximate surface area is 111 Å². The van der Waals surface area contributed by atoms with Crippen LogP contribution in [0.5, 0.6) is 0 Å². The highest BCUT2D eigenvalue weighted by molar-refractivity contribution is 7.80. The average Bonchev–Trinajstić information content (AvgIpc) is 2.79. The van der Waals surface area contributed by atoms with Gasteiger partial charge < -0.3 is 11.1 Å². The van der Waals surface area contributed by atoms with Gasteiger partial charge in [-0.25, -0.2) is 0 Å². The lowest BCUT2D eigenvalue weighted by atomic mass is 10.0. The molecule has 1 heterocycles. The molecule has 0 aliphatic heterocycles. The summed E-state index contributed by atoms with van der Waals surface area (Å²) in [6, 6.07) is 4.08. The van der Waals surface area contributed by atoms with Gasteiger partial charge in [0.15, 0.2) is 0 Å². The van der Waals surface area contributed by atoms with Crippen LogP contribution in [-0.4, -0.2) is 10.9 Å². The maximum atomic E-state index is 12.0. The molecule has 0 radical (unpaired) electrons. The highest BCUT2D eigenvalue weighted by atomic mass is 32.1. The summed E-state index contributed by atoms with van der Waals surface area (Å²) < 4.78 is 0. The lowest BCUT2D eigenvalue weighted by molar-refractivity contribution is -0.123. The topological polar surface area (TPSA) is 55.1 Å². The number of thiophene rings is 1. The predicted octanol–water partition coefficient (Wildman–Crippen LogP) is 2.63. The van der Waals surface area contributed by atoms with E-state index in [9.17, 15) is 4.79 Å². The minimum atomic E-state index is -0.362. The van der Waals surface area contributed by atoms with E-state index in [0.29, 0.717) is 6.42 Å². The second kappa shape index (κ2) is 6.71. The maximum absolute atomic E-state index is 12.0. The van der Waals surface area contributed by atoms with Crippen LogP contribution >= 0.6 is 23.6 Å². The molecule has 0 bridgehead atoms. The van der Waals surface area contributed by atoms with E-state index in [1.807, 2.05) is 31.4 Å². The van der Waals surface area contributed by atoms with Crippen molar-refractivity contribution in [3.05, 3.63) is 22.4 Å². The molecule has 2 atom stereocenters. The zero-order chi connectivity index (χ0) is 12.8. The minimum absolute atomic E-state index is 0.0610. The van der Waals surface area contributed by atoms with Crippen LogP contribution in [0.3, 0.4) is 0 Å². The fraction of sp³-hybridized carbons (Fsp3) is 0.500. The van der Waals surface area contributed by atoms with Crippen molar-refractivity contribution in [3.63, 3.8) is 0 Å². The van der Waals surface area contributed by atoms with Gasteiger partial charge in [-0.15, -0.1) is 11.3 Å². The van der Waals surface area contributed by atoms with Gasteiger partial charge in [-0.1, -0.05) is 32.1 Å². The first-order chi connectivity index (χ1) is 8.10. The highest BCUT2D eigenvalue weighted by Crippen LogP contribution is 2.22. The maximum Gasteiger partial charge on any atom is 0.230 e. The molecule has 0 aromatic carbocycles. The summed E-state index contributed by atoms with van der Waals surface area (Å²) in [4.78, 5) is 13.4. The first-order valence-electron chi connectivity index (χ1n) is 5.73. The van der Waals surface area contributed by atoms with E-state index >= 15 is 0 Å². The first-order valence-corrected chi connectivity index (χ1v) is 7.02. The predicted molar refractivity (Wildman–Crippen MR) is 76.1 cm³/mol. The van der Waals surface area contributed by atoms with E-state index in [0.717, 1.165) is 6.42 Å². The Morgan fingerprint density at radius 1 is 1.53 bits per heavy atom. The Morgan fingerprint density at radius 2 is 2.24 bits per heavy atom. The number of rotatable bonds is 6. The van der Waals surface area contributed by atoms with Crippen LogP contribution in [0, 0.1) is 5.92 Å². The van der Waals surface area contributed by atoms with Crippen LogP contribution in [0.2, 0.25) is 0 Å². The van der Waals surface area contributed by atoms with Crippen LogP contribution in [0.15, 0.2) is 17.5 Å². The molecule has 1 aromatic rings. The van der Waals surface area contributed by atoms with Gasteiger partial charge in [-0.3, -0.25) is 4.79 Å². The van der Waals surface area contributed by atoms with Gasteiger partial charge in [0.25, 0.3) is 0 Å². The summed E-state index contributed by atoms with van der Waals surface area (Å²) in [6.45, 7) is 3.96. The molecule has 0 spiro atoms. The number of hydrogen-bond donors (Lipinski definition) is 2. The normalized spacial score (nSPS) is 14.0. The van der Waals surface area contributed by atoms with Crippen LogP contribution in [0.1, 0.15) is 37.6 Å². The second-order valence-corrected chi connectivity index (χ2v) is 5.30. The molecule has 1 rings (SSSR count). The number of carbonyl (C=O) groups excluding carboxylic acids is 1. The Balaban J connectivity index is 2.69. The summed E-state index contributed by atoms with van der Waals surface area (Å²) in [5, 5.41) is 5.01. The molecule has 5 heteroatoms. The average molecular weight is 270 g/mol. The van der Waals surface area contributed by atoms with Crippen molar-refractivity contribution in [2.45, 2.75) is 32.7 Å². The minimum Gasteiger partial charge on any atom is -0.393 e. The first kappa shape index (κ1) is 14.1. The molecule has 0 aliphatic rings. The molecule has 0 fully saturated rings. The summed E-state index contributed by atoms with van der Waals surface area (Å²) in [7, 11) is 0. The fourth-order valence-electron chi connectivity index (χ4n) is 1.65. The van der Waals surface area contributed by atoms with Crippen molar-refractivity contribution in [2.24, 2.45) is 11.7 Å². The number of nitrogens with one attached hydrogen (secondary N) is 1. The number of nitrogens with two attached hydrogens (primary N) is 1. The smallest absolute Gasteiger partial charge is 0.230 e. The number of thiocarbonyl (C=S) groups is 1. The van der Waals surface area contributed by atoms with Crippen molar-refractivity contribution in [2.75, 3.05) is 0 Å². The van der Waals surface area contributed by atoms with E-state index < -0.39 is 0 Å². The zero-order valence-corrected chi connectivity index (χ0v) is 11.7. The standard InChI is InChI=1S/C12H18N2OS2/c1-3-8(11(13)16)12(15)14-9(4-2)10-6-5-7-17-10/h5-9H,3-4H2,1-2H3,(H2,13,16)(H,14,15). The third kappa shape index (κ3) is 3.78. The number of carbonyl (C=O) groups is 1. The summed E-state index contributed by atoms with van der Waals surface area (Å²) in [5.41, 5.74) is 5.56. The molecule has 17 heavy (non-hydrogen) atoms. The summed E-state index contributed by atoms with van der Waals surface area (Å²) in [5.74, 6) is -0.431. The Morgan fingerprint density at radius 3 is 2.65 bits per heavy atom. The van der Waals surface area contributed by atoms with Crippen molar-refractivity contribution in [1.82, 2.24) is 5.32 Å². The quantitative estimate of drug-likeness (QED) is 0.781. The number of hydrogen-bond acceptors (Lipinski definition) is 3. The van der Waals surface area contributed by atoms with E-state index in [1.165, 1.54) is 4.88 Å². The Hall–Kier alpha value is -0.940. The van der Waals surface area contributed by atoms with Gasteiger partial charge >= 0.3 is 0 Å². The van der Waals surface area contributed by atoms with Crippen LogP contribution in [0.25, 0.3) is 0 Å². The summed E-state index contributed by atoms with van der Waals surface area (Å²) in [6.07, 6.45) is 1.50. The molecule has 2 unspecified atom stereocenters. The van der Waals surface area contributed by atoms with E-state index in [1.54, 1.807) is 11.3 Å². The van der Waals surface area contributed by atoms with Gasteiger partial charge in [-0.05, 0) is 24.3 Å². The molecule has 1 amide bonds. The second-order valence-electron chi connectivity index (χ2n) is 3.85. The molecule has 1 aromatic heterocycles. The lowest BCUT2D eigenvalue weighted by Crippen LogP contribution is -2.39. The summed E-state index contributed by atoms with van der Waals surface area (Å²) >= 11 is 6.55. The van der Waals surface area contributed by atoms with Crippen LogP contribution in [0.4, 0.5) is 0 Å². The van der Waals surface area contributed by atoms with E-state index in [4.69, 9.17) is 18.0 Å². The molecule has 3 nitrogen and oxygen atoms in total. The third-order valence-corrected chi connectivity index (χ3v) is 3.95. The van der Waals surface area contributed by atoms with Crippen molar-refractivity contribution in [3.8, 4) is 0 Å². The van der Waals surface area contributed by atoms with Crippen molar-refractivity contribution in [1.29, 1.82) is 0 Å². The van der Waals surface area contributed by atoms with Gasteiger partial charge in [-0.2, -0.15) is 0 Å². The fourth-order valence-corrected chi connectivity index (χ4v) is 2.79. The molecular weight excluding hydrogens is 252 g/mol. The molecular formula is C12H18N2OS2. The molecule has 0 saturated heterocycles. The van der Waals surface area contributed by atoms with Gasteiger partial charge in [0.2, 0.25) is 5.91 Å². The van der Waals surface area contributed by atoms with Gasteiger partial charge in [0, 0.05) is 4.88 Å². The van der Waals surface area contributed by atoms with E-state index in [-0.39, 0.29) is 22.9 Å². The van der Waals surface area contributed by atoms with Crippen LogP contribution in [-0.2, 0) is 4.79 Å². The zero-order valence-electron chi connectivity index (χ0n) is 10.1. The van der Waals surface area contributed by atoms with Gasteiger partial charge in [0.05, 0.1) is 16.9 Å². The third-order valence-electron chi connectivity index (χ3n) is 2.68. The molecule has 0 aliphatic carbocycles. The molecule has 0 saturated carbocycles. The van der Waals surface area contributed by atoms with E-state index in [2.05, 4.69) is 5.32 Å². The Kier molecular flexibility index (Phi) is 5.58. The molecule has 3 N–H and O–H groups in total. The van der Waals surface area contributed by atoms with Gasteiger partial charge in [0.1, 0.15) is 0 Å².